The normalized spacial score (nSPS) is 18.2. The average Bonchev–Trinajstić information content (AvgIpc) is 3.22. The van der Waals surface area contributed by atoms with E-state index in [9.17, 15) is 9.59 Å². The van der Waals surface area contributed by atoms with Crippen LogP contribution in [0.4, 0.5) is 5.69 Å². The van der Waals surface area contributed by atoms with Gasteiger partial charge in [0.2, 0.25) is 11.8 Å². The third-order valence-electron chi connectivity index (χ3n) is 4.71. The Morgan fingerprint density at radius 3 is 2.29 bits per heavy atom. The molecule has 1 aromatic rings. The molecule has 1 aromatic carbocycles. The Hall–Kier alpha value is -1.95. The number of hydrogen-bond donors (Lipinski definition) is 1. The van der Waals surface area contributed by atoms with Gasteiger partial charge in [0, 0.05) is 25.2 Å². The average molecular weight is 353 g/mol. The van der Waals surface area contributed by atoms with Gasteiger partial charge in [-0.15, -0.1) is 0 Å². The lowest BCUT2D eigenvalue weighted by molar-refractivity contribution is -0.141. The standard InChI is InChI=1S/C17H21ClN2O4/c1-23-13-10-12(14(24-2)9-11(13)18)19-15(21)17(5-6-17)16(22)20-7-3-4-8-20/h9-10H,3-8H2,1-2H3,(H,19,21). The van der Waals surface area contributed by atoms with Gasteiger partial charge in [-0.25, -0.2) is 0 Å². The summed E-state index contributed by atoms with van der Waals surface area (Å²) in [5.41, 5.74) is -0.480. The summed E-state index contributed by atoms with van der Waals surface area (Å²) in [7, 11) is 2.99. The van der Waals surface area contributed by atoms with Crippen LogP contribution in [0.15, 0.2) is 12.1 Å². The zero-order valence-electron chi connectivity index (χ0n) is 13.9. The van der Waals surface area contributed by atoms with Crippen molar-refractivity contribution in [3.63, 3.8) is 0 Å². The van der Waals surface area contributed by atoms with Gasteiger partial charge < -0.3 is 19.7 Å². The minimum Gasteiger partial charge on any atom is -0.495 e. The Morgan fingerprint density at radius 1 is 1.12 bits per heavy atom. The maximum absolute atomic E-state index is 12.8. The smallest absolute Gasteiger partial charge is 0.240 e. The molecule has 1 saturated heterocycles. The van der Waals surface area contributed by atoms with Crippen LogP contribution in [0.25, 0.3) is 0 Å². The van der Waals surface area contributed by atoms with E-state index in [2.05, 4.69) is 5.32 Å². The lowest BCUT2D eigenvalue weighted by Crippen LogP contribution is -2.41. The number of benzene rings is 1. The first kappa shape index (κ1) is 16.9. The molecule has 0 bridgehead atoms. The first-order valence-electron chi connectivity index (χ1n) is 8.04. The summed E-state index contributed by atoms with van der Waals surface area (Å²) >= 11 is 6.08. The Bertz CT molecular complexity index is 667. The summed E-state index contributed by atoms with van der Waals surface area (Å²) in [4.78, 5) is 27.2. The molecule has 1 saturated carbocycles. The van der Waals surface area contributed by atoms with Crippen molar-refractivity contribution < 1.29 is 19.1 Å². The van der Waals surface area contributed by atoms with E-state index in [1.54, 1.807) is 17.0 Å². The molecule has 1 aliphatic heterocycles. The molecule has 1 aliphatic carbocycles. The van der Waals surface area contributed by atoms with Gasteiger partial charge in [-0.05, 0) is 25.7 Å². The fourth-order valence-corrected chi connectivity index (χ4v) is 3.32. The van der Waals surface area contributed by atoms with Gasteiger partial charge in [-0.2, -0.15) is 0 Å². The highest BCUT2D eigenvalue weighted by Gasteiger charge is 2.58. The van der Waals surface area contributed by atoms with Gasteiger partial charge >= 0.3 is 0 Å². The molecular formula is C17H21ClN2O4. The highest BCUT2D eigenvalue weighted by atomic mass is 35.5. The van der Waals surface area contributed by atoms with Crippen molar-refractivity contribution in [1.29, 1.82) is 0 Å². The number of ether oxygens (including phenoxy) is 2. The van der Waals surface area contributed by atoms with Crippen LogP contribution in [-0.2, 0) is 9.59 Å². The monoisotopic (exact) mass is 352 g/mol. The predicted molar refractivity (Wildman–Crippen MR) is 90.7 cm³/mol. The van der Waals surface area contributed by atoms with Crippen LogP contribution in [0.5, 0.6) is 11.5 Å². The van der Waals surface area contributed by atoms with Crippen molar-refractivity contribution >= 4 is 29.1 Å². The first-order chi connectivity index (χ1) is 11.5. The van der Waals surface area contributed by atoms with Crippen LogP contribution < -0.4 is 14.8 Å². The Balaban J connectivity index is 1.80. The fraction of sp³-hybridized carbons (Fsp3) is 0.529. The summed E-state index contributed by atoms with van der Waals surface area (Å²) in [5, 5.41) is 3.21. The fourth-order valence-electron chi connectivity index (χ4n) is 3.09. The summed E-state index contributed by atoms with van der Waals surface area (Å²) in [6.07, 6.45) is 3.18. The zero-order chi connectivity index (χ0) is 17.3. The minimum absolute atomic E-state index is 0.0580. The SMILES string of the molecule is COc1cc(NC(=O)C2(C(=O)N3CCCC3)CC2)c(OC)cc1Cl. The second-order valence-corrected chi connectivity index (χ2v) is 6.63. The molecule has 0 atom stereocenters. The van der Waals surface area contributed by atoms with Gasteiger partial charge in [-0.1, -0.05) is 11.6 Å². The lowest BCUT2D eigenvalue weighted by Gasteiger charge is -2.22. The van der Waals surface area contributed by atoms with Crippen molar-refractivity contribution in [1.82, 2.24) is 4.90 Å². The third kappa shape index (κ3) is 2.90. The van der Waals surface area contributed by atoms with Gasteiger partial charge in [-0.3, -0.25) is 9.59 Å². The molecule has 0 radical (unpaired) electrons. The zero-order valence-corrected chi connectivity index (χ0v) is 14.6. The molecule has 2 amide bonds. The molecule has 1 heterocycles. The molecule has 3 rings (SSSR count). The number of hydrogen-bond acceptors (Lipinski definition) is 4. The van der Waals surface area contributed by atoms with Gasteiger partial charge in [0.25, 0.3) is 0 Å². The van der Waals surface area contributed by atoms with Crippen molar-refractivity contribution in [3.8, 4) is 11.5 Å². The van der Waals surface area contributed by atoms with Crippen molar-refractivity contribution in [2.75, 3.05) is 32.6 Å². The van der Waals surface area contributed by atoms with E-state index in [0.29, 0.717) is 35.1 Å². The second kappa shape index (κ2) is 6.51. The molecule has 2 fully saturated rings. The molecule has 24 heavy (non-hydrogen) atoms. The number of halogens is 1. The van der Waals surface area contributed by atoms with E-state index < -0.39 is 5.41 Å². The van der Waals surface area contributed by atoms with E-state index in [1.165, 1.54) is 14.2 Å². The van der Waals surface area contributed by atoms with Gasteiger partial charge in [0.15, 0.2) is 0 Å². The molecule has 7 heteroatoms. The quantitative estimate of drug-likeness (QED) is 0.827. The van der Waals surface area contributed by atoms with Crippen LogP contribution in [-0.4, -0.2) is 44.0 Å². The number of likely N-dealkylation sites (tertiary alicyclic amines) is 1. The van der Waals surface area contributed by atoms with E-state index in [1.807, 2.05) is 0 Å². The number of nitrogens with zero attached hydrogens (tertiary/aromatic N) is 1. The Morgan fingerprint density at radius 2 is 1.75 bits per heavy atom. The number of nitrogens with one attached hydrogen (secondary N) is 1. The highest BCUT2D eigenvalue weighted by Crippen LogP contribution is 2.49. The van der Waals surface area contributed by atoms with Crippen LogP contribution in [0.1, 0.15) is 25.7 Å². The minimum atomic E-state index is -0.928. The molecule has 2 aliphatic rings. The summed E-state index contributed by atoms with van der Waals surface area (Å²) < 4.78 is 10.5. The lowest BCUT2D eigenvalue weighted by atomic mass is 10.0. The van der Waals surface area contributed by atoms with E-state index >= 15 is 0 Å². The highest BCUT2D eigenvalue weighted by molar-refractivity contribution is 6.32. The maximum Gasteiger partial charge on any atom is 0.240 e. The van der Waals surface area contributed by atoms with Gasteiger partial charge in [0.1, 0.15) is 16.9 Å². The molecule has 1 N–H and O–H groups in total. The van der Waals surface area contributed by atoms with Crippen LogP contribution in [0.2, 0.25) is 5.02 Å². The van der Waals surface area contributed by atoms with Crippen LogP contribution in [0.3, 0.4) is 0 Å². The number of amides is 2. The van der Waals surface area contributed by atoms with E-state index in [-0.39, 0.29) is 11.8 Å². The number of rotatable bonds is 5. The Labute approximate surface area is 146 Å². The van der Waals surface area contributed by atoms with Crippen LogP contribution >= 0.6 is 11.6 Å². The number of carbonyl (C=O) groups excluding carboxylic acids is 2. The predicted octanol–water partition coefficient (Wildman–Crippen LogP) is 2.70. The topological polar surface area (TPSA) is 67.9 Å². The molecule has 0 spiro atoms. The van der Waals surface area contributed by atoms with Gasteiger partial charge in [0.05, 0.1) is 24.9 Å². The van der Waals surface area contributed by atoms with Crippen molar-refractivity contribution in [2.24, 2.45) is 5.41 Å². The third-order valence-corrected chi connectivity index (χ3v) is 5.00. The Kier molecular flexibility index (Phi) is 4.58. The molecule has 0 aromatic heterocycles. The first-order valence-corrected chi connectivity index (χ1v) is 8.42. The van der Waals surface area contributed by atoms with Crippen LogP contribution in [0, 0.1) is 5.41 Å². The molecule has 0 unspecified atom stereocenters. The largest absolute Gasteiger partial charge is 0.495 e. The number of methoxy groups -OCH3 is 2. The van der Waals surface area contributed by atoms with Crippen molar-refractivity contribution in [2.45, 2.75) is 25.7 Å². The molecular weight excluding hydrogens is 332 g/mol. The van der Waals surface area contributed by atoms with E-state index in [0.717, 1.165) is 25.9 Å². The molecule has 6 nitrogen and oxygen atoms in total. The summed E-state index contributed by atoms with van der Waals surface area (Å²) in [6.45, 7) is 1.48. The maximum atomic E-state index is 12.8. The molecule has 130 valence electrons. The van der Waals surface area contributed by atoms with Crippen molar-refractivity contribution in [3.05, 3.63) is 17.2 Å². The summed E-state index contributed by atoms with van der Waals surface area (Å²) in [6, 6.07) is 3.19. The van der Waals surface area contributed by atoms with E-state index in [4.69, 9.17) is 21.1 Å². The summed E-state index contributed by atoms with van der Waals surface area (Å²) in [5.74, 6) is 0.515. The number of carbonyl (C=O) groups is 2. The second-order valence-electron chi connectivity index (χ2n) is 6.22. The number of anilines is 1.